The summed E-state index contributed by atoms with van der Waals surface area (Å²) >= 11 is 7.31. The first kappa shape index (κ1) is 24.6. The number of nitrogens with one attached hydrogen (secondary N) is 1. The molecule has 0 atom stereocenters. The average Bonchev–Trinajstić information content (AvgIpc) is 3.40. The van der Waals surface area contributed by atoms with E-state index in [9.17, 15) is 28.0 Å². The van der Waals surface area contributed by atoms with Crippen LogP contribution in [0.15, 0.2) is 40.3 Å². The van der Waals surface area contributed by atoms with Crippen LogP contribution in [0.1, 0.15) is 45.0 Å². The number of rotatable bonds is 5. The molecule has 0 radical (unpaired) electrons. The van der Waals surface area contributed by atoms with Crippen molar-refractivity contribution in [2.24, 2.45) is 5.73 Å². The van der Waals surface area contributed by atoms with Crippen molar-refractivity contribution in [3.63, 3.8) is 0 Å². The van der Waals surface area contributed by atoms with Gasteiger partial charge in [-0.1, -0.05) is 11.6 Å². The minimum absolute atomic E-state index is 0.0133. The Kier molecular flexibility index (Phi) is 6.74. The number of anilines is 1. The first-order chi connectivity index (χ1) is 16.6. The SMILES string of the molecule is N#C/C(=C\c1ccc(-c2cc(C(F)(F)F)ccc2Cl)o1)C(=O)Nc1sc2c(c1C(N)=O)CCCC2. The van der Waals surface area contributed by atoms with Crippen LogP contribution in [-0.4, -0.2) is 11.8 Å². The van der Waals surface area contributed by atoms with Crippen LogP contribution >= 0.6 is 22.9 Å². The number of nitrogens with zero attached hydrogens (tertiary/aromatic N) is 1. The van der Waals surface area contributed by atoms with Crippen LogP contribution in [-0.2, 0) is 23.8 Å². The topological polar surface area (TPSA) is 109 Å². The second kappa shape index (κ2) is 9.60. The fraction of sp³-hybridized carbons (Fsp3) is 0.208. The molecule has 1 aliphatic rings. The fourth-order valence-corrected chi connectivity index (χ4v) is 5.34. The standard InChI is InChI=1S/C24H17ClF3N3O3S/c25-17-7-5-13(24(26,27)28)10-16(17)18-8-6-14(34-18)9-12(11-29)22(33)31-23-20(21(30)32)15-3-1-2-4-19(15)35-23/h5-10H,1-4H2,(H2,30,32)(H,31,33)/b12-9+. The van der Waals surface area contributed by atoms with Gasteiger partial charge in [-0.05, 0) is 61.6 Å². The number of amides is 2. The predicted octanol–water partition coefficient (Wildman–Crippen LogP) is 6.20. The zero-order valence-corrected chi connectivity index (χ0v) is 19.5. The Morgan fingerprint density at radius 2 is 1.94 bits per heavy atom. The number of halogens is 4. The average molecular weight is 520 g/mol. The van der Waals surface area contributed by atoms with Crippen LogP contribution < -0.4 is 11.1 Å². The molecule has 3 aromatic rings. The Labute approximate surface area is 206 Å². The summed E-state index contributed by atoms with van der Waals surface area (Å²) in [6, 6.07) is 7.39. The first-order valence-corrected chi connectivity index (χ1v) is 11.6. The number of thiophene rings is 1. The highest BCUT2D eigenvalue weighted by atomic mass is 35.5. The second-order valence-electron chi connectivity index (χ2n) is 7.80. The predicted molar refractivity (Wildman–Crippen MR) is 126 cm³/mol. The van der Waals surface area contributed by atoms with Crippen molar-refractivity contribution in [1.29, 1.82) is 5.26 Å². The molecule has 0 saturated heterocycles. The van der Waals surface area contributed by atoms with Crippen molar-refractivity contribution < 1.29 is 27.2 Å². The van der Waals surface area contributed by atoms with E-state index in [-0.39, 0.29) is 38.2 Å². The van der Waals surface area contributed by atoms with E-state index in [2.05, 4.69) is 5.32 Å². The molecule has 0 spiro atoms. The maximum Gasteiger partial charge on any atom is 0.416 e. The summed E-state index contributed by atoms with van der Waals surface area (Å²) in [5.41, 5.74) is 5.42. The van der Waals surface area contributed by atoms with Gasteiger partial charge in [-0.25, -0.2) is 0 Å². The second-order valence-corrected chi connectivity index (χ2v) is 9.31. The molecule has 2 amide bonds. The van der Waals surface area contributed by atoms with Crippen LogP contribution in [0.5, 0.6) is 0 Å². The quantitative estimate of drug-likeness (QED) is 0.309. The number of carbonyl (C=O) groups excluding carboxylic acids is 2. The minimum Gasteiger partial charge on any atom is -0.457 e. The number of aryl methyl sites for hydroxylation is 1. The number of nitriles is 1. The number of hydrogen-bond acceptors (Lipinski definition) is 5. The zero-order valence-electron chi connectivity index (χ0n) is 18.0. The van der Waals surface area contributed by atoms with Crippen LogP contribution in [0, 0.1) is 11.3 Å². The van der Waals surface area contributed by atoms with Gasteiger partial charge in [0.2, 0.25) is 0 Å². The van der Waals surface area contributed by atoms with Gasteiger partial charge < -0.3 is 15.5 Å². The van der Waals surface area contributed by atoms with Gasteiger partial charge in [-0.3, -0.25) is 9.59 Å². The van der Waals surface area contributed by atoms with Crippen LogP contribution in [0.3, 0.4) is 0 Å². The van der Waals surface area contributed by atoms with Gasteiger partial charge in [-0.15, -0.1) is 11.3 Å². The maximum absolute atomic E-state index is 13.1. The number of primary amides is 1. The van der Waals surface area contributed by atoms with Crippen LogP contribution in [0.25, 0.3) is 17.4 Å². The molecule has 0 saturated carbocycles. The molecule has 4 rings (SSSR count). The molecule has 11 heteroatoms. The Morgan fingerprint density at radius 3 is 2.63 bits per heavy atom. The summed E-state index contributed by atoms with van der Waals surface area (Å²) in [5, 5.41) is 12.4. The molecule has 0 bridgehead atoms. The van der Waals surface area contributed by atoms with Crippen molar-refractivity contribution in [3.8, 4) is 17.4 Å². The molecule has 6 nitrogen and oxygen atoms in total. The summed E-state index contributed by atoms with van der Waals surface area (Å²) in [7, 11) is 0. The van der Waals surface area contributed by atoms with E-state index in [1.165, 1.54) is 23.5 Å². The Bertz CT molecular complexity index is 1400. The molecular formula is C24H17ClF3N3O3S. The van der Waals surface area contributed by atoms with Gasteiger partial charge in [0.25, 0.3) is 11.8 Å². The molecule has 0 fully saturated rings. The van der Waals surface area contributed by atoms with E-state index >= 15 is 0 Å². The Hall–Kier alpha value is -3.55. The summed E-state index contributed by atoms with van der Waals surface area (Å²) in [5.74, 6) is -1.34. The third-order valence-corrected chi connectivity index (χ3v) is 7.02. The molecular weight excluding hydrogens is 503 g/mol. The number of fused-ring (bicyclic) bond motifs is 1. The molecule has 2 heterocycles. The van der Waals surface area contributed by atoms with Gasteiger partial charge in [0.1, 0.15) is 28.2 Å². The Balaban J connectivity index is 1.61. The molecule has 0 unspecified atom stereocenters. The lowest BCUT2D eigenvalue weighted by atomic mass is 9.95. The highest BCUT2D eigenvalue weighted by Gasteiger charge is 2.31. The summed E-state index contributed by atoms with van der Waals surface area (Å²) in [6.07, 6.45) is -0.0570. The van der Waals surface area contributed by atoms with Crippen LogP contribution in [0.2, 0.25) is 5.02 Å². The molecule has 0 aliphatic heterocycles. The molecule has 2 aromatic heterocycles. The van der Waals surface area contributed by atoms with Gasteiger partial charge >= 0.3 is 6.18 Å². The van der Waals surface area contributed by atoms with E-state index in [4.69, 9.17) is 21.8 Å². The summed E-state index contributed by atoms with van der Waals surface area (Å²) < 4.78 is 44.8. The first-order valence-electron chi connectivity index (χ1n) is 10.4. The normalized spacial score (nSPS) is 13.7. The third kappa shape index (κ3) is 5.11. The van der Waals surface area contributed by atoms with E-state index in [0.717, 1.165) is 54.0 Å². The van der Waals surface area contributed by atoms with Crippen molar-refractivity contribution in [2.45, 2.75) is 31.9 Å². The van der Waals surface area contributed by atoms with Gasteiger partial charge in [-0.2, -0.15) is 18.4 Å². The number of nitrogens with two attached hydrogens (primary N) is 1. The summed E-state index contributed by atoms with van der Waals surface area (Å²) in [6.45, 7) is 0. The van der Waals surface area contributed by atoms with E-state index in [0.29, 0.717) is 6.42 Å². The zero-order chi connectivity index (χ0) is 25.3. The largest absolute Gasteiger partial charge is 0.457 e. The lowest BCUT2D eigenvalue weighted by Crippen LogP contribution is -2.19. The van der Waals surface area contributed by atoms with Crippen molar-refractivity contribution in [1.82, 2.24) is 0 Å². The number of alkyl halides is 3. The Morgan fingerprint density at radius 1 is 1.20 bits per heavy atom. The van der Waals surface area contributed by atoms with Gasteiger partial charge in [0.15, 0.2) is 0 Å². The fourth-order valence-electron chi connectivity index (χ4n) is 3.84. The molecule has 35 heavy (non-hydrogen) atoms. The smallest absolute Gasteiger partial charge is 0.416 e. The van der Waals surface area contributed by atoms with Crippen molar-refractivity contribution in [2.75, 3.05) is 5.32 Å². The van der Waals surface area contributed by atoms with E-state index in [1.54, 1.807) is 6.07 Å². The molecule has 1 aromatic carbocycles. The number of benzene rings is 1. The van der Waals surface area contributed by atoms with Gasteiger partial charge in [0.05, 0.1) is 16.1 Å². The van der Waals surface area contributed by atoms with Crippen molar-refractivity contribution >= 4 is 45.8 Å². The van der Waals surface area contributed by atoms with E-state index in [1.807, 2.05) is 0 Å². The number of furan rings is 1. The summed E-state index contributed by atoms with van der Waals surface area (Å²) in [4.78, 5) is 25.8. The monoisotopic (exact) mass is 519 g/mol. The number of carbonyl (C=O) groups is 2. The molecule has 3 N–H and O–H groups in total. The minimum atomic E-state index is -4.56. The van der Waals surface area contributed by atoms with E-state index < -0.39 is 23.6 Å². The third-order valence-electron chi connectivity index (χ3n) is 5.48. The maximum atomic E-state index is 13.1. The number of hydrogen-bond donors (Lipinski definition) is 2. The van der Waals surface area contributed by atoms with Gasteiger partial charge in [0, 0.05) is 16.5 Å². The van der Waals surface area contributed by atoms with Crippen molar-refractivity contribution in [3.05, 3.63) is 68.3 Å². The van der Waals surface area contributed by atoms with Crippen LogP contribution in [0.4, 0.5) is 18.2 Å². The highest BCUT2D eigenvalue weighted by Crippen LogP contribution is 2.39. The molecule has 180 valence electrons. The lowest BCUT2D eigenvalue weighted by molar-refractivity contribution is -0.137. The lowest BCUT2D eigenvalue weighted by Gasteiger charge is -2.11. The highest BCUT2D eigenvalue weighted by molar-refractivity contribution is 7.17. The molecule has 1 aliphatic carbocycles.